The van der Waals surface area contributed by atoms with Crippen LogP contribution >= 0.6 is 0 Å². The van der Waals surface area contributed by atoms with Crippen LogP contribution < -0.4 is 10.1 Å². The molecule has 0 bridgehead atoms. The van der Waals surface area contributed by atoms with Gasteiger partial charge in [0.25, 0.3) is 0 Å². The van der Waals surface area contributed by atoms with Gasteiger partial charge in [0, 0.05) is 11.8 Å². The van der Waals surface area contributed by atoms with Crippen LogP contribution in [-0.4, -0.2) is 17.4 Å². The van der Waals surface area contributed by atoms with Crippen LogP contribution in [0.4, 0.5) is 18.9 Å². The van der Waals surface area contributed by atoms with Gasteiger partial charge in [-0.1, -0.05) is 6.07 Å². The summed E-state index contributed by atoms with van der Waals surface area (Å²) >= 11 is 0. The van der Waals surface area contributed by atoms with Crippen molar-refractivity contribution in [3.63, 3.8) is 0 Å². The van der Waals surface area contributed by atoms with Crippen LogP contribution in [-0.2, 0) is 6.54 Å². The Balaban J connectivity index is 1.99. The summed E-state index contributed by atoms with van der Waals surface area (Å²) in [6.07, 6.45) is -4.75. The van der Waals surface area contributed by atoms with Gasteiger partial charge >= 0.3 is 12.3 Å². The molecular weight excluding hydrogens is 291 g/mol. The van der Waals surface area contributed by atoms with E-state index in [4.69, 9.17) is 9.52 Å². The molecule has 0 saturated heterocycles. The maximum absolute atomic E-state index is 12.1. The maximum Gasteiger partial charge on any atom is 0.573 e. The van der Waals surface area contributed by atoms with Crippen LogP contribution in [0.2, 0.25) is 0 Å². The molecule has 0 amide bonds. The third-order valence-electron chi connectivity index (χ3n) is 2.41. The molecule has 2 rings (SSSR count). The molecule has 5 nitrogen and oxygen atoms in total. The summed E-state index contributed by atoms with van der Waals surface area (Å²) in [4.78, 5) is 10.6. The zero-order valence-electron chi connectivity index (χ0n) is 10.5. The van der Waals surface area contributed by atoms with E-state index in [1.54, 1.807) is 6.07 Å². The first kappa shape index (κ1) is 14.8. The quantitative estimate of drug-likeness (QED) is 0.884. The fourth-order valence-corrected chi connectivity index (χ4v) is 1.58. The van der Waals surface area contributed by atoms with Crippen LogP contribution in [0.15, 0.2) is 40.8 Å². The summed E-state index contributed by atoms with van der Waals surface area (Å²) in [5.41, 5.74) is 0.380. The molecule has 1 aromatic heterocycles. The average Bonchev–Trinajstić information content (AvgIpc) is 2.83. The minimum absolute atomic E-state index is 0.128. The number of carbonyl (C=O) groups is 1. The van der Waals surface area contributed by atoms with Crippen molar-refractivity contribution < 1.29 is 32.2 Å². The lowest BCUT2D eigenvalue weighted by molar-refractivity contribution is -0.274. The fourth-order valence-electron chi connectivity index (χ4n) is 1.58. The number of anilines is 1. The predicted molar refractivity (Wildman–Crippen MR) is 66.1 cm³/mol. The molecule has 8 heteroatoms. The summed E-state index contributed by atoms with van der Waals surface area (Å²) in [6, 6.07) is 8.05. The Morgan fingerprint density at radius 2 is 2.05 bits per heavy atom. The number of carboxylic acids is 1. The lowest BCUT2D eigenvalue weighted by atomic mass is 10.3. The SMILES string of the molecule is O=C(O)c1ccc(CNc2cccc(OC(F)(F)F)c2)o1. The maximum atomic E-state index is 12.1. The molecule has 0 spiro atoms. The van der Waals surface area contributed by atoms with Gasteiger partial charge in [-0.05, 0) is 24.3 Å². The lowest BCUT2D eigenvalue weighted by Gasteiger charge is -2.10. The molecule has 2 N–H and O–H groups in total. The molecule has 0 aliphatic carbocycles. The van der Waals surface area contributed by atoms with E-state index in [1.165, 1.54) is 30.3 Å². The molecule has 0 fully saturated rings. The number of nitrogens with one attached hydrogen (secondary N) is 1. The van der Waals surface area contributed by atoms with E-state index < -0.39 is 12.3 Å². The highest BCUT2D eigenvalue weighted by Gasteiger charge is 2.31. The number of aromatic carboxylic acids is 1. The average molecular weight is 301 g/mol. The number of alkyl halides is 3. The van der Waals surface area contributed by atoms with E-state index in [0.717, 1.165) is 0 Å². The molecule has 0 unspecified atom stereocenters. The molecule has 0 saturated carbocycles. The normalized spacial score (nSPS) is 11.2. The van der Waals surface area contributed by atoms with Gasteiger partial charge in [-0.2, -0.15) is 0 Å². The monoisotopic (exact) mass is 301 g/mol. The molecule has 0 aliphatic heterocycles. The molecule has 112 valence electrons. The number of rotatable bonds is 5. The third-order valence-corrected chi connectivity index (χ3v) is 2.41. The van der Waals surface area contributed by atoms with Gasteiger partial charge in [0.15, 0.2) is 0 Å². The van der Waals surface area contributed by atoms with E-state index in [9.17, 15) is 18.0 Å². The lowest BCUT2D eigenvalue weighted by Crippen LogP contribution is -2.17. The van der Waals surface area contributed by atoms with Crippen molar-refractivity contribution in [2.45, 2.75) is 12.9 Å². The highest BCUT2D eigenvalue weighted by atomic mass is 19.4. The summed E-state index contributed by atoms with van der Waals surface area (Å²) in [7, 11) is 0. The predicted octanol–water partition coefficient (Wildman–Crippen LogP) is 3.49. The van der Waals surface area contributed by atoms with Crippen molar-refractivity contribution in [2.24, 2.45) is 0 Å². The van der Waals surface area contributed by atoms with Gasteiger partial charge in [0.1, 0.15) is 11.5 Å². The van der Waals surface area contributed by atoms with E-state index in [-0.39, 0.29) is 18.1 Å². The zero-order valence-corrected chi connectivity index (χ0v) is 10.5. The van der Waals surface area contributed by atoms with Gasteiger partial charge in [0.05, 0.1) is 6.54 Å². The number of carboxylic acid groups (broad SMARTS) is 1. The highest BCUT2D eigenvalue weighted by molar-refractivity contribution is 5.84. The molecule has 0 atom stereocenters. The number of benzene rings is 1. The molecule has 21 heavy (non-hydrogen) atoms. The van der Waals surface area contributed by atoms with E-state index >= 15 is 0 Å². The van der Waals surface area contributed by atoms with Gasteiger partial charge in [-0.3, -0.25) is 0 Å². The van der Waals surface area contributed by atoms with Gasteiger partial charge in [0.2, 0.25) is 5.76 Å². The Kier molecular flexibility index (Phi) is 4.06. The Morgan fingerprint density at radius 1 is 1.29 bits per heavy atom. The fraction of sp³-hybridized carbons (Fsp3) is 0.154. The molecule has 1 aromatic carbocycles. The third kappa shape index (κ3) is 4.44. The second-order valence-corrected chi connectivity index (χ2v) is 4.00. The second-order valence-electron chi connectivity index (χ2n) is 4.00. The topological polar surface area (TPSA) is 71.7 Å². The number of hydrogen-bond donors (Lipinski definition) is 2. The van der Waals surface area contributed by atoms with Crippen LogP contribution in [0.1, 0.15) is 16.3 Å². The van der Waals surface area contributed by atoms with E-state index in [2.05, 4.69) is 10.1 Å². The first-order chi connectivity index (χ1) is 9.83. The number of ether oxygens (including phenoxy) is 1. The Bertz CT molecular complexity index is 636. The molecule has 0 radical (unpaired) electrons. The van der Waals surface area contributed by atoms with Crippen molar-refractivity contribution in [2.75, 3.05) is 5.32 Å². The van der Waals surface area contributed by atoms with Crippen LogP contribution in [0.3, 0.4) is 0 Å². The van der Waals surface area contributed by atoms with Gasteiger partial charge in [-0.15, -0.1) is 13.2 Å². The van der Waals surface area contributed by atoms with Crippen molar-refractivity contribution in [3.8, 4) is 5.75 Å². The summed E-state index contributed by atoms with van der Waals surface area (Å²) in [6.45, 7) is 0.128. The standard InChI is InChI=1S/C13H10F3NO4/c14-13(15,16)21-9-3-1-2-8(6-9)17-7-10-4-5-11(20-10)12(18)19/h1-6,17H,7H2,(H,18,19). The second kappa shape index (κ2) is 5.78. The summed E-state index contributed by atoms with van der Waals surface area (Å²) in [5.74, 6) is -1.41. The molecule has 1 heterocycles. The highest BCUT2D eigenvalue weighted by Crippen LogP contribution is 2.25. The number of hydrogen-bond acceptors (Lipinski definition) is 4. The van der Waals surface area contributed by atoms with Crippen LogP contribution in [0.25, 0.3) is 0 Å². The van der Waals surface area contributed by atoms with Gasteiger partial charge < -0.3 is 19.6 Å². The Morgan fingerprint density at radius 3 is 2.67 bits per heavy atom. The Labute approximate surface area is 116 Å². The van der Waals surface area contributed by atoms with Crippen molar-refractivity contribution in [3.05, 3.63) is 47.9 Å². The first-order valence-electron chi connectivity index (χ1n) is 5.75. The van der Waals surface area contributed by atoms with Gasteiger partial charge in [-0.25, -0.2) is 4.79 Å². The zero-order chi connectivity index (χ0) is 15.5. The smallest absolute Gasteiger partial charge is 0.475 e. The molecular formula is C13H10F3NO4. The van der Waals surface area contributed by atoms with Crippen LogP contribution in [0.5, 0.6) is 5.75 Å². The summed E-state index contributed by atoms with van der Waals surface area (Å²) in [5, 5.41) is 11.5. The summed E-state index contributed by atoms with van der Waals surface area (Å²) < 4.78 is 45.1. The van der Waals surface area contributed by atoms with E-state index in [1.807, 2.05) is 0 Å². The number of furan rings is 1. The minimum Gasteiger partial charge on any atom is -0.475 e. The molecule has 0 aliphatic rings. The first-order valence-corrected chi connectivity index (χ1v) is 5.75. The van der Waals surface area contributed by atoms with E-state index in [0.29, 0.717) is 11.4 Å². The largest absolute Gasteiger partial charge is 0.573 e. The Hall–Kier alpha value is -2.64. The van der Waals surface area contributed by atoms with Crippen LogP contribution in [0, 0.1) is 0 Å². The van der Waals surface area contributed by atoms with Crippen molar-refractivity contribution in [1.29, 1.82) is 0 Å². The van der Waals surface area contributed by atoms with Crippen molar-refractivity contribution >= 4 is 11.7 Å². The molecule has 2 aromatic rings. The number of halogens is 3. The van der Waals surface area contributed by atoms with Crippen molar-refractivity contribution in [1.82, 2.24) is 0 Å². The minimum atomic E-state index is -4.75.